The molecule has 0 aromatic carbocycles. The summed E-state index contributed by atoms with van der Waals surface area (Å²) in [5.74, 6) is 0. The van der Waals surface area contributed by atoms with Gasteiger partial charge in [0.2, 0.25) is 0 Å². The fourth-order valence-corrected chi connectivity index (χ4v) is 0.747. The maximum absolute atomic E-state index is 9.84. The summed E-state index contributed by atoms with van der Waals surface area (Å²) in [4.78, 5) is 9.84. The molecule has 0 atom stereocenters. The molecule has 1 nitrogen and oxygen atoms in total. The third kappa shape index (κ3) is 9.15. The van der Waals surface area contributed by atoms with Gasteiger partial charge in [-0.05, 0) is 25.3 Å². The second kappa shape index (κ2) is 9.15. The fraction of sp³-hybridized carbons (Fsp3) is 0.500. The Balaban J connectivity index is 3.12. The highest BCUT2D eigenvalue weighted by Crippen LogP contribution is 1.95. The van der Waals surface area contributed by atoms with Gasteiger partial charge in [0.25, 0.3) is 0 Å². The molecule has 0 aliphatic heterocycles. The van der Waals surface area contributed by atoms with E-state index in [0.29, 0.717) is 0 Å². The van der Waals surface area contributed by atoms with Crippen molar-refractivity contribution >= 4 is 6.29 Å². The van der Waals surface area contributed by atoms with Crippen molar-refractivity contribution in [1.82, 2.24) is 0 Å². The molecule has 0 radical (unpaired) electrons. The molecule has 0 spiro atoms. The Bertz CT molecular complexity index is 134. The molecule has 0 N–H and O–H groups in total. The number of hydrogen-bond acceptors (Lipinski definition) is 1. The Morgan fingerprint density at radius 3 is 2.27 bits per heavy atom. The quantitative estimate of drug-likeness (QED) is 0.247. The number of hydrogen-bond donors (Lipinski definition) is 0. The Morgan fingerprint density at radius 1 is 1.00 bits per heavy atom. The Hall–Kier alpha value is -0.850. The summed E-state index contributed by atoms with van der Waals surface area (Å²) < 4.78 is 0. The van der Waals surface area contributed by atoms with Crippen LogP contribution in [0.25, 0.3) is 0 Å². The molecule has 0 aliphatic carbocycles. The SMILES string of the molecule is CCC/C=C/CC/C=C/C=O. The molecule has 62 valence electrons. The van der Waals surface area contributed by atoms with Crippen molar-refractivity contribution in [3.63, 3.8) is 0 Å². The van der Waals surface area contributed by atoms with Crippen molar-refractivity contribution in [2.24, 2.45) is 0 Å². The molecule has 0 amide bonds. The van der Waals surface area contributed by atoms with Crippen LogP contribution in [0, 0.1) is 0 Å². The number of allylic oxidation sites excluding steroid dienone is 4. The summed E-state index contributed by atoms with van der Waals surface area (Å²) in [6.07, 6.45) is 13.0. The number of carbonyl (C=O) groups is 1. The smallest absolute Gasteiger partial charge is 0.142 e. The fourth-order valence-electron chi connectivity index (χ4n) is 0.747. The van der Waals surface area contributed by atoms with E-state index in [0.717, 1.165) is 25.5 Å². The van der Waals surface area contributed by atoms with Gasteiger partial charge in [-0.2, -0.15) is 0 Å². The molecule has 0 aromatic heterocycles. The molecule has 0 fully saturated rings. The van der Waals surface area contributed by atoms with Crippen molar-refractivity contribution in [2.45, 2.75) is 32.6 Å². The first-order valence-electron chi connectivity index (χ1n) is 4.17. The van der Waals surface area contributed by atoms with Gasteiger partial charge in [0.15, 0.2) is 0 Å². The van der Waals surface area contributed by atoms with Crippen molar-refractivity contribution in [3.05, 3.63) is 24.3 Å². The zero-order valence-electron chi connectivity index (χ0n) is 7.12. The van der Waals surface area contributed by atoms with E-state index in [1.54, 1.807) is 6.08 Å². The minimum absolute atomic E-state index is 0.815. The molecule has 0 rings (SSSR count). The Labute approximate surface area is 68.8 Å². The van der Waals surface area contributed by atoms with Crippen molar-refractivity contribution in [2.75, 3.05) is 0 Å². The second-order valence-electron chi connectivity index (χ2n) is 2.40. The van der Waals surface area contributed by atoms with E-state index >= 15 is 0 Å². The molecular formula is C10H16O. The van der Waals surface area contributed by atoms with Crippen molar-refractivity contribution in [1.29, 1.82) is 0 Å². The van der Waals surface area contributed by atoms with Gasteiger partial charge in [-0.3, -0.25) is 4.79 Å². The summed E-state index contributed by atoms with van der Waals surface area (Å²) in [5.41, 5.74) is 0. The van der Waals surface area contributed by atoms with Crippen LogP contribution in [0.1, 0.15) is 32.6 Å². The Kier molecular flexibility index (Phi) is 8.44. The maximum atomic E-state index is 9.84. The van der Waals surface area contributed by atoms with Gasteiger partial charge in [0.1, 0.15) is 6.29 Å². The number of aldehydes is 1. The lowest BCUT2D eigenvalue weighted by atomic mass is 10.2. The molecule has 0 saturated heterocycles. The van der Waals surface area contributed by atoms with Crippen LogP contribution in [0.3, 0.4) is 0 Å². The predicted octanol–water partition coefficient (Wildman–Crippen LogP) is 2.88. The standard InChI is InChI=1S/C10H16O/c1-2-3-4-5-6-7-8-9-10-11/h4-5,8-10H,2-3,6-7H2,1H3/b5-4+,9-8+. The lowest BCUT2D eigenvalue weighted by Crippen LogP contribution is -1.66. The molecule has 0 bridgehead atoms. The maximum Gasteiger partial charge on any atom is 0.142 e. The molecule has 11 heavy (non-hydrogen) atoms. The van der Waals surface area contributed by atoms with Gasteiger partial charge in [0, 0.05) is 0 Å². The van der Waals surface area contributed by atoms with E-state index in [-0.39, 0.29) is 0 Å². The molecule has 0 unspecified atom stereocenters. The van der Waals surface area contributed by atoms with Crippen molar-refractivity contribution in [3.8, 4) is 0 Å². The van der Waals surface area contributed by atoms with Crippen LogP contribution in [0.15, 0.2) is 24.3 Å². The van der Waals surface area contributed by atoms with Gasteiger partial charge in [-0.25, -0.2) is 0 Å². The van der Waals surface area contributed by atoms with Crippen LogP contribution in [-0.4, -0.2) is 6.29 Å². The third-order valence-electron chi connectivity index (χ3n) is 1.34. The Morgan fingerprint density at radius 2 is 1.64 bits per heavy atom. The van der Waals surface area contributed by atoms with Crippen molar-refractivity contribution < 1.29 is 4.79 Å². The van der Waals surface area contributed by atoms with Crippen LogP contribution < -0.4 is 0 Å². The summed E-state index contributed by atoms with van der Waals surface area (Å²) >= 11 is 0. The van der Waals surface area contributed by atoms with Crippen LogP contribution in [0.2, 0.25) is 0 Å². The van der Waals surface area contributed by atoms with Gasteiger partial charge in [0.05, 0.1) is 0 Å². The third-order valence-corrected chi connectivity index (χ3v) is 1.34. The monoisotopic (exact) mass is 152 g/mol. The van der Waals surface area contributed by atoms with E-state index < -0.39 is 0 Å². The average molecular weight is 152 g/mol. The van der Waals surface area contributed by atoms with E-state index in [9.17, 15) is 4.79 Å². The van der Waals surface area contributed by atoms with Gasteiger partial charge in [-0.15, -0.1) is 0 Å². The lowest BCUT2D eigenvalue weighted by Gasteiger charge is -1.85. The predicted molar refractivity (Wildman–Crippen MR) is 48.5 cm³/mol. The lowest BCUT2D eigenvalue weighted by molar-refractivity contribution is -0.104. The van der Waals surface area contributed by atoms with Gasteiger partial charge < -0.3 is 0 Å². The summed E-state index contributed by atoms with van der Waals surface area (Å²) in [6, 6.07) is 0. The minimum atomic E-state index is 0.815. The van der Waals surface area contributed by atoms with Crippen LogP contribution in [0.5, 0.6) is 0 Å². The summed E-state index contributed by atoms with van der Waals surface area (Å²) in [5, 5.41) is 0. The number of rotatable bonds is 6. The molecule has 0 saturated carbocycles. The van der Waals surface area contributed by atoms with Gasteiger partial charge >= 0.3 is 0 Å². The summed E-state index contributed by atoms with van der Waals surface area (Å²) in [7, 11) is 0. The van der Waals surface area contributed by atoms with Crippen LogP contribution in [0.4, 0.5) is 0 Å². The molecular weight excluding hydrogens is 136 g/mol. The first-order chi connectivity index (χ1) is 5.41. The molecule has 0 heterocycles. The molecule has 0 aromatic rings. The molecule has 0 aliphatic rings. The van der Waals surface area contributed by atoms with E-state index in [4.69, 9.17) is 0 Å². The zero-order valence-corrected chi connectivity index (χ0v) is 7.12. The second-order valence-corrected chi connectivity index (χ2v) is 2.40. The normalized spacial score (nSPS) is 11.4. The van der Waals surface area contributed by atoms with Crippen LogP contribution >= 0.6 is 0 Å². The van der Waals surface area contributed by atoms with Crippen LogP contribution in [-0.2, 0) is 4.79 Å². The van der Waals surface area contributed by atoms with E-state index in [1.807, 2.05) is 6.08 Å². The topological polar surface area (TPSA) is 17.1 Å². The zero-order chi connectivity index (χ0) is 8.36. The first kappa shape index (κ1) is 10.2. The van der Waals surface area contributed by atoms with Gasteiger partial charge in [-0.1, -0.05) is 31.6 Å². The summed E-state index contributed by atoms with van der Waals surface area (Å²) in [6.45, 7) is 2.16. The highest BCUT2D eigenvalue weighted by molar-refractivity contribution is 5.64. The average Bonchev–Trinajstić information content (AvgIpc) is 2.03. The largest absolute Gasteiger partial charge is 0.299 e. The highest BCUT2D eigenvalue weighted by Gasteiger charge is 1.75. The minimum Gasteiger partial charge on any atom is -0.299 e. The first-order valence-corrected chi connectivity index (χ1v) is 4.17. The highest BCUT2D eigenvalue weighted by atomic mass is 16.1. The number of unbranched alkanes of at least 4 members (excludes halogenated alkanes) is 2. The van der Waals surface area contributed by atoms with E-state index in [2.05, 4.69) is 19.1 Å². The molecule has 1 heteroatoms. The van der Waals surface area contributed by atoms with E-state index in [1.165, 1.54) is 6.42 Å². The number of carbonyl (C=O) groups excluding carboxylic acids is 1.